The van der Waals surface area contributed by atoms with Gasteiger partial charge in [0.1, 0.15) is 11.9 Å². The van der Waals surface area contributed by atoms with E-state index in [-0.39, 0.29) is 28.4 Å². The number of pyridine rings is 1. The molecule has 216 valence electrons. The number of fused-ring (bicyclic) bond motifs is 1. The number of halogens is 3. The molecule has 0 atom stereocenters. The van der Waals surface area contributed by atoms with E-state index in [1.807, 2.05) is 12.1 Å². The van der Waals surface area contributed by atoms with Crippen molar-refractivity contribution in [1.82, 2.24) is 10.0 Å². The van der Waals surface area contributed by atoms with Crippen molar-refractivity contribution in [2.24, 2.45) is 5.73 Å². The number of nitriles is 1. The van der Waals surface area contributed by atoms with Crippen molar-refractivity contribution in [2.45, 2.75) is 25.8 Å². The fraction of sp³-hybridized carbons (Fsp3) is 0.258. The first-order chi connectivity index (χ1) is 20.1. The number of nitrogens with zero attached hydrogens (tertiary/aromatic N) is 4. The molecule has 0 radical (unpaired) electrons. The summed E-state index contributed by atoms with van der Waals surface area (Å²) in [4.78, 5) is 24.3. The summed E-state index contributed by atoms with van der Waals surface area (Å²) in [5.41, 5.74) is 8.96. The molecule has 0 spiro atoms. The maximum absolute atomic E-state index is 15.6. The molecule has 4 aromatic rings. The van der Waals surface area contributed by atoms with Gasteiger partial charge in [-0.3, -0.25) is 9.82 Å². The first-order valence-corrected chi connectivity index (χ1v) is 13.3. The fourth-order valence-electron chi connectivity index (χ4n) is 5.28. The van der Waals surface area contributed by atoms with Crippen LogP contribution < -0.4 is 16.0 Å². The van der Waals surface area contributed by atoms with E-state index in [1.54, 1.807) is 31.3 Å². The molecule has 5 rings (SSSR count). The molecular weight excluding hydrogens is 545 g/mol. The average molecular weight is 575 g/mol. The second-order valence-electron chi connectivity index (χ2n) is 10.3. The monoisotopic (exact) mass is 574 g/mol. The van der Waals surface area contributed by atoms with Gasteiger partial charge in [0.05, 0.1) is 29.6 Å². The molecule has 1 aliphatic rings. The van der Waals surface area contributed by atoms with E-state index in [4.69, 9.17) is 10.6 Å². The van der Waals surface area contributed by atoms with E-state index >= 15 is 4.39 Å². The summed E-state index contributed by atoms with van der Waals surface area (Å²) in [6.07, 6.45) is 3.15. The average Bonchev–Trinajstić information content (AvgIpc) is 2.97. The highest BCUT2D eigenvalue weighted by molar-refractivity contribution is 6.03. The van der Waals surface area contributed by atoms with E-state index in [1.165, 1.54) is 26.3 Å². The molecule has 0 aliphatic carbocycles. The van der Waals surface area contributed by atoms with Crippen LogP contribution in [0.5, 0.6) is 0 Å². The van der Waals surface area contributed by atoms with Gasteiger partial charge in [0.15, 0.2) is 11.6 Å². The smallest absolute Gasteiger partial charge is 0.345 e. The highest BCUT2D eigenvalue weighted by Crippen LogP contribution is 2.42. The minimum Gasteiger partial charge on any atom is -0.370 e. The number of benzene rings is 3. The van der Waals surface area contributed by atoms with Crippen LogP contribution in [0.15, 0.2) is 48.7 Å². The molecule has 8 nitrogen and oxygen atoms in total. The SMILES string of the molecule is CON(C)C(=O)Nc1c(C#N)cc(F)c(F)c1-c1ccc2ncc(-c3cc(C)cc(F)c3)c(N3CCC(N)CC3)c2c1. The lowest BCUT2D eigenvalue weighted by Crippen LogP contribution is -2.40. The van der Waals surface area contributed by atoms with Crippen LogP contribution in [0, 0.1) is 35.7 Å². The number of aromatic nitrogens is 1. The van der Waals surface area contributed by atoms with Crippen molar-refractivity contribution in [1.29, 1.82) is 5.26 Å². The number of hydroxylamine groups is 2. The van der Waals surface area contributed by atoms with Gasteiger partial charge in [0, 0.05) is 48.9 Å². The Hall–Kier alpha value is -4.66. The Balaban J connectivity index is 1.78. The Morgan fingerprint density at radius 3 is 2.55 bits per heavy atom. The van der Waals surface area contributed by atoms with Crippen LogP contribution >= 0.6 is 0 Å². The molecule has 2 amide bonds. The van der Waals surface area contributed by atoms with Crippen LogP contribution in [0.1, 0.15) is 24.0 Å². The number of nitrogens with two attached hydrogens (primary N) is 1. The third-order valence-corrected chi connectivity index (χ3v) is 7.47. The molecule has 11 heteroatoms. The summed E-state index contributed by atoms with van der Waals surface area (Å²) in [6, 6.07) is 11.4. The Kier molecular flexibility index (Phi) is 8.02. The second kappa shape index (κ2) is 11.7. The van der Waals surface area contributed by atoms with Crippen molar-refractivity contribution in [3.8, 4) is 28.3 Å². The number of anilines is 2. The molecule has 3 aromatic carbocycles. The van der Waals surface area contributed by atoms with Crippen LogP contribution in [-0.4, -0.2) is 49.4 Å². The van der Waals surface area contributed by atoms with Crippen molar-refractivity contribution in [3.63, 3.8) is 0 Å². The number of amides is 2. The number of piperidine rings is 1. The lowest BCUT2D eigenvalue weighted by Gasteiger charge is -2.34. The minimum absolute atomic E-state index is 0.0481. The summed E-state index contributed by atoms with van der Waals surface area (Å²) in [6.45, 7) is 3.06. The molecule has 1 aromatic heterocycles. The molecule has 0 unspecified atom stereocenters. The zero-order valence-corrected chi connectivity index (χ0v) is 23.3. The first-order valence-electron chi connectivity index (χ1n) is 13.3. The van der Waals surface area contributed by atoms with Gasteiger partial charge in [0.25, 0.3) is 0 Å². The van der Waals surface area contributed by atoms with Crippen LogP contribution in [0.3, 0.4) is 0 Å². The third-order valence-electron chi connectivity index (χ3n) is 7.47. The normalized spacial score (nSPS) is 13.7. The molecular formula is C31H29F3N6O2. The molecule has 0 bridgehead atoms. The largest absolute Gasteiger partial charge is 0.370 e. The lowest BCUT2D eigenvalue weighted by molar-refractivity contribution is -0.0598. The highest BCUT2D eigenvalue weighted by Gasteiger charge is 2.26. The van der Waals surface area contributed by atoms with E-state index in [0.29, 0.717) is 35.1 Å². The molecule has 1 fully saturated rings. The summed E-state index contributed by atoms with van der Waals surface area (Å²) in [7, 11) is 2.59. The van der Waals surface area contributed by atoms with Crippen molar-refractivity contribution >= 4 is 28.3 Å². The Morgan fingerprint density at radius 1 is 1.14 bits per heavy atom. The van der Waals surface area contributed by atoms with E-state index < -0.39 is 23.5 Å². The van der Waals surface area contributed by atoms with Gasteiger partial charge in [-0.05, 0) is 66.8 Å². The minimum atomic E-state index is -1.24. The lowest BCUT2D eigenvalue weighted by atomic mass is 9.94. The summed E-state index contributed by atoms with van der Waals surface area (Å²) >= 11 is 0. The van der Waals surface area contributed by atoms with Crippen molar-refractivity contribution in [2.75, 3.05) is 37.5 Å². The maximum Gasteiger partial charge on any atom is 0.345 e. The number of nitrogens with one attached hydrogen (secondary N) is 1. The third kappa shape index (κ3) is 5.46. The first kappa shape index (κ1) is 28.9. The van der Waals surface area contributed by atoms with Gasteiger partial charge in [0.2, 0.25) is 0 Å². The number of aryl methyl sites for hydroxylation is 1. The maximum atomic E-state index is 15.6. The van der Waals surface area contributed by atoms with Gasteiger partial charge >= 0.3 is 6.03 Å². The standard InChI is InChI=1S/C31H29F3N6O2/c1-17-10-19(12-21(32)11-17)24-16-37-26-5-4-18(13-23(26)30(24)40-8-6-22(36)7-9-40)27-28(34)25(33)14-20(15-35)29(27)38-31(41)39(2)42-3/h4-5,10-14,16,22H,6-9,36H2,1-3H3,(H,38,41). The molecule has 1 saturated heterocycles. The van der Waals surface area contributed by atoms with Crippen molar-refractivity contribution < 1.29 is 22.8 Å². The highest BCUT2D eigenvalue weighted by atomic mass is 19.2. The van der Waals surface area contributed by atoms with Crippen LogP contribution in [-0.2, 0) is 4.84 Å². The van der Waals surface area contributed by atoms with Gasteiger partial charge in [-0.1, -0.05) is 12.1 Å². The number of hydrogen-bond acceptors (Lipinski definition) is 6. The van der Waals surface area contributed by atoms with E-state index in [0.717, 1.165) is 35.2 Å². The van der Waals surface area contributed by atoms with E-state index in [2.05, 4.69) is 15.2 Å². The molecule has 3 N–H and O–H groups in total. The zero-order chi connectivity index (χ0) is 30.1. The van der Waals surface area contributed by atoms with Gasteiger partial charge < -0.3 is 16.0 Å². The summed E-state index contributed by atoms with van der Waals surface area (Å²) in [5.74, 6) is -2.87. The van der Waals surface area contributed by atoms with Gasteiger partial charge in [-0.15, -0.1) is 0 Å². The van der Waals surface area contributed by atoms with E-state index in [9.17, 15) is 18.8 Å². The molecule has 1 aliphatic heterocycles. The van der Waals surface area contributed by atoms with Crippen LogP contribution in [0.2, 0.25) is 0 Å². The predicted molar refractivity (Wildman–Crippen MR) is 155 cm³/mol. The molecule has 0 saturated carbocycles. The zero-order valence-electron chi connectivity index (χ0n) is 23.3. The predicted octanol–water partition coefficient (Wildman–Crippen LogP) is 6.12. The number of carbonyl (C=O) groups is 1. The van der Waals surface area contributed by atoms with Gasteiger partial charge in [-0.25, -0.2) is 23.0 Å². The van der Waals surface area contributed by atoms with Crippen molar-refractivity contribution in [3.05, 3.63) is 77.2 Å². The Labute approximate surface area is 241 Å². The second-order valence-corrected chi connectivity index (χ2v) is 10.3. The van der Waals surface area contributed by atoms with Gasteiger partial charge in [-0.2, -0.15) is 5.26 Å². The molecule has 2 heterocycles. The number of carbonyl (C=O) groups excluding carboxylic acids is 1. The molecule has 42 heavy (non-hydrogen) atoms. The quantitative estimate of drug-likeness (QED) is 0.278. The fourth-order valence-corrected chi connectivity index (χ4v) is 5.28. The Bertz CT molecular complexity index is 1710. The summed E-state index contributed by atoms with van der Waals surface area (Å²) in [5, 5.41) is 13.7. The van der Waals surface area contributed by atoms with Crippen LogP contribution in [0.25, 0.3) is 33.2 Å². The summed E-state index contributed by atoms with van der Waals surface area (Å²) < 4.78 is 44.9. The number of urea groups is 1. The number of rotatable bonds is 5. The topological polar surface area (TPSA) is 108 Å². The number of hydrogen-bond donors (Lipinski definition) is 2. The Morgan fingerprint density at radius 2 is 1.88 bits per heavy atom. The van der Waals surface area contributed by atoms with Crippen LogP contribution in [0.4, 0.5) is 29.3 Å².